The summed E-state index contributed by atoms with van der Waals surface area (Å²) in [6, 6.07) is 2.45. The Kier molecular flexibility index (Phi) is 11.4. The van der Waals surface area contributed by atoms with Crippen molar-refractivity contribution in [2.24, 2.45) is 5.92 Å². The Morgan fingerprint density at radius 1 is 1.11 bits per heavy atom. The van der Waals surface area contributed by atoms with Crippen molar-refractivity contribution in [3.63, 3.8) is 0 Å². The fourth-order valence-corrected chi connectivity index (χ4v) is 4.86. The van der Waals surface area contributed by atoms with Crippen molar-refractivity contribution >= 4 is 23.5 Å². The highest BCUT2D eigenvalue weighted by Gasteiger charge is 2.34. The van der Waals surface area contributed by atoms with Crippen LogP contribution in [0.3, 0.4) is 0 Å². The van der Waals surface area contributed by atoms with Gasteiger partial charge in [-0.1, -0.05) is 13.3 Å². The molecule has 38 heavy (non-hydrogen) atoms. The lowest BCUT2D eigenvalue weighted by Crippen LogP contribution is -2.51. The molecular weight excluding hydrogens is 499 g/mol. The second-order valence-electron chi connectivity index (χ2n) is 10.6. The van der Waals surface area contributed by atoms with Gasteiger partial charge >= 0.3 is 12.2 Å². The van der Waals surface area contributed by atoms with E-state index in [2.05, 4.69) is 54.0 Å². The number of nitrogens with one attached hydrogen (secondary N) is 4. The Morgan fingerprint density at radius 3 is 2.37 bits per heavy atom. The third-order valence-electron chi connectivity index (χ3n) is 7.02. The molecule has 0 aromatic heterocycles. The third-order valence-corrected chi connectivity index (χ3v) is 7.02. The quantitative estimate of drug-likeness (QED) is 0.343. The number of benzene rings is 1. The summed E-state index contributed by atoms with van der Waals surface area (Å²) in [4.78, 5) is 40.1. The van der Waals surface area contributed by atoms with Gasteiger partial charge in [-0.15, -0.1) is 0 Å². The number of halogens is 3. The van der Waals surface area contributed by atoms with Gasteiger partial charge in [0, 0.05) is 24.2 Å². The number of anilines is 1. The first kappa shape index (κ1) is 31.4. The van der Waals surface area contributed by atoms with Gasteiger partial charge in [0.05, 0.1) is 23.4 Å². The van der Waals surface area contributed by atoms with Crippen LogP contribution >= 0.6 is 0 Å². The van der Waals surface area contributed by atoms with E-state index in [0.29, 0.717) is 24.1 Å². The topological polar surface area (TPSA) is 103 Å². The number of carbonyl (C=O) groups is 3. The maximum atomic E-state index is 13.3. The minimum absolute atomic E-state index is 0.0262. The average molecular weight is 542 g/mol. The minimum atomic E-state index is -4.68. The number of amides is 4. The molecule has 2 rings (SSSR count). The summed E-state index contributed by atoms with van der Waals surface area (Å²) in [6.07, 6.45) is 0.0150. The average Bonchev–Trinajstić information content (AvgIpc) is 2.82. The lowest BCUT2D eigenvalue weighted by molar-refractivity contribution is -0.137. The summed E-state index contributed by atoms with van der Waals surface area (Å²) in [5.41, 5.74) is -1.51. The Morgan fingerprint density at radius 2 is 1.79 bits per heavy atom. The van der Waals surface area contributed by atoms with E-state index in [0.717, 1.165) is 44.2 Å². The molecule has 1 fully saturated rings. The van der Waals surface area contributed by atoms with E-state index in [1.165, 1.54) is 0 Å². The molecule has 0 bridgehead atoms. The number of nitrogens with zero attached hydrogens (tertiary/aromatic N) is 1. The van der Waals surface area contributed by atoms with Gasteiger partial charge < -0.3 is 26.2 Å². The van der Waals surface area contributed by atoms with E-state index in [1.807, 2.05) is 0 Å². The first-order valence-electron chi connectivity index (χ1n) is 13.3. The van der Waals surface area contributed by atoms with Crippen LogP contribution in [0.1, 0.15) is 82.6 Å². The summed E-state index contributed by atoms with van der Waals surface area (Å²) in [5, 5.41) is 10.4. The molecule has 0 spiro atoms. The largest absolute Gasteiger partial charge is 0.416 e. The second kappa shape index (κ2) is 13.8. The molecule has 0 aliphatic heterocycles. The first-order chi connectivity index (χ1) is 17.7. The van der Waals surface area contributed by atoms with Crippen LogP contribution in [0.5, 0.6) is 0 Å². The van der Waals surface area contributed by atoms with Crippen molar-refractivity contribution in [2.75, 3.05) is 18.9 Å². The zero-order valence-electron chi connectivity index (χ0n) is 23.2. The number of hydrogen-bond donors (Lipinski definition) is 4. The maximum Gasteiger partial charge on any atom is 0.416 e. The lowest BCUT2D eigenvalue weighted by atomic mass is 9.78. The van der Waals surface area contributed by atoms with Crippen molar-refractivity contribution < 1.29 is 27.6 Å². The van der Waals surface area contributed by atoms with Crippen LogP contribution in [-0.4, -0.2) is 60.5 Å². The van der Waals surface area contributed by atoms with Crippen LogP contribution in [0.4, 0.5) is 23.7 Å². The van der Waals surface area contributed by atoms with Crippen molar-refractivity contribution in [3.05, 3.63) is 29.3 Å². The summed E-state index contributed by atoms with van der Waals surface area (Å²) < 4.78 is 39.9. The lowest BCUT2D eigenvalue weighted by Gasteiger charge is -2.41. The number of urea groups is 1. The minimum Gasteiger partial charge on any atom is -0.352 e. The summed E-state index contributed by atoms with van der Waals surface area (Å²) in [7, 11) is 2.12. The summed E-state index contributed by atoms with van der Waals surface area (Å²) >= 11 is 0. The molecule has 0 radical (unpaired) electrons. The number of rotatable bonds is 10. The van der Waals surface area contributed by atoms with Crippen LogP contribution in [0.2, 0.25) is 0 Å². The fraction of sp³-hybridized carbons (Fsp3) is 0.667. The number of carbonyl (C=O) groups excluding carboxylic acids is 3. The molecule has 1 aliphatic rings. The molecule has 8 nitrogen and oxygen atoms in total. The van der Waals surface area contributed by atoms with Crippen LogP contribution in [0.25, 0.3) is 0 Å². The van der Waals surface area contributed by atoms with E-state index < -0.39 is 36.1 Å². The Bertz CT molecular complexity index is 968. The first-order valence-corrected chi connectivity index (χ1v) is 13.3. The zero-order chi connectivity index (χ0) is 28.6. The van der Waals surface area contributed by atoms with Gasteiger partial charge in [0.1, 0.15) is 0 Å². The van der Waals surface area contributed by atoms with E-state index in [1.54, 1.807) is 13.8 Å². The van der Waals surface area contributed by atoms with Gasteiger partial charge in [0.25, 0.3) is 5.91 Å². The highest BCUT2D eigenvalue weighted by Crippen LogP contribution is 2.33. The molecule has 0 saturated heterocycles. The second-order valence-corrected chi connectivity index (χ2v) is 10.6. The molecule has 3 atom stereocenters. The summed E-state index contributed by atoms with van der Waals surface area (Å²) in [6.45, 7) is 9.48. The van der Waals surface area contributed by atoms with Gasteiger partial charge in [0.2, 0.25) is 5.91 Å². The van der Waals surface area contributed by atoms with E-state index in [4.69, 9.17) is 0 Å². The van der Waals surface area contributed by atoms with Gasteiger partial charge in [-0.3, -0.25) is 9.59 Å². The number of hydrogen-bond acceptors (Lipinski definition) is 4. The molecule has 1 saturated carbocycles. The zero-order valence-corrected chi connectivity index (χ0v) is 23.2. The monoisotopic (exact) mass is 541 g/mol. The molecule has 1 aromatic rings. The van der Waals surface area contributed by atoms with Crippen LogP contribution in [0.15, 0.2) is 18.2 Å². The maximum absolute atomic E-state index is 13.3. The van der Waals surface area contributed by atoms with Gasteiger partial charge in [-0.25, -0.2) is 4.79 Å². The number of alkyl halides is 3. The standard InChI is InChI=1S/C27H42F3N5O3/c1-7-8-18-13-20(35(6)17(4)5)10-12-22(18)33-24(36)15-31-25(37)21-14-19(27(28,29)30)9-11-23(21)34-26(38)32-16(2)3/h9,11,14,16-18,20,22H,7-8,10,12-13,15H2,1-6H3,(H,31,37)(H,33,36)(H2,32,34,38)/t18-,20+,22+/m1/s1. The molecule has 11 heteroatoms. The van der Waals surface area contributed by atoms with Gasteiger partial charge in [0.15, 0.2) is 0 Å². The molecular formula is C27H42F3N5O3. The smallest absolute Gasteiger partial charge is 0.352 e. The highest BCUT2D eigenvalue weighted by molar-refractivity contribution is 6.04. The Balaban J connectivity index is 2.08. The Labute approximate surface area is 223 Å². The predicted molar refractivity (Wildman–Crippen MR) is 142 cm³/mol. The fourth-order valence-electron chi connectivity index (χ4n) is 4.86. The van der Waals surface area contributed by atoms with Gasteiger partial charge in [-0.05, 0) is 84.5 Å². The molecule has 214 valence electrons. The molecule has 1 aromatic carbocycles. The summed E-state index contributed by atoms with van der Waals surface area (Å²) in [5.74, 6) is -0.990. The van der Waals surface area contributed by atoms with Crippen molar-refractivity contribution in [3.8, 4) is 0 Å². The van der Waals surface area contributed by atoms with E-state index >= 15 is 0 Å². The van der Waals surface area contributed by atoms with Crippen LogP contribution in [0, 0.1) is 5.92 Å². The molecule has 0 heterocycles. The van der Waals surface area contributed by atoms with Crippen molar-refractivity contribution in [2.45, 2.75) is 97.1 Å². The molecule has 4 N–H and O–H groups in total. The van der Waals surface area contributed by atoms with Crippen LogP contribution in [-0.2, 0) is 11.0 Å². The molecule has 4 amide bonds. The normalized spacial score (nSPS) is 19.9. The van der Waals surface area contributed by atoms with Gasteiger partial charge in [-0.2, -0.15) is 13.2 Å². The third kappa shape index (κ3) is 9.18. The predicted octanol–water partition coefficient (Wildman–Crippen LogP) is 4.76. The van der Waals surface area contributed by atoms with Crippen molar-refractivity contribution in [1.82, 2.24) is 20.9 Å². The van der Waals surface area contributed by atoms with E-state index in [-0.39, 0.29) is 23.3 Å². The van der Waals surface area contributed by atoms with Crippen LogP contribution < -0.4 is 21.3 Å². The molecule has 1 aliphatic carbocycles. The SMILES string of the molecule is CCC[C@@H]1C[C@@H](N(C)C(C)C)CC[C@@H]1NC(=O)CNC(=O)c1cc(C(F)(F)F)ccc1NC(=O)NC(C)C. The van der Waals surface area contributed by atoms with Crippen molar-refractivity contribution in [1.29, 1.82) is 0 Å². The van der Waals surface area contributed by atoms with E-state index in [9.17, 15) is 27.6 Å². The Hall–Kier alpha value is -2.82. The highest BCUT2D eigenvalue weighted by atomic mass is 19.4. The molecule has 0 unspecified atom stereocenters.